The normalized spacial score (nSPS) is 10.2. The van der Waals surface area contributed by atoms with E-state index in [-0.39, 0.29) is 29.3 Å². The van der Waals surface area contributed by atoms with Gasteiger partial charge in [-0.2, -0.15) is 0 Å². The molecule has 0 atom stereocenters. The molecule has 1 aromatic carbocycles. The van der Waals surface area contributed by atoms with E-state index in [2.05, 4.69) is 5.32 Å². The van der Waals surface area contributed by atoms with Gasteiger partial charge in [0.05, 0.1) is 4.92 Å². The van der Waals surface area contributed by atoms with Crippen molar-refractivity contribution in [2.75, 3.05) is 6.61 Å². The van der Waals surface area contributed by atoms with E-state index in [1.807, 2.05) is 13.8 Å². The zero-order valence-electron chi connectivity index (χ0n) is 9.97. The van der Waals surface area contributed by atoms with Gasteiger partial charge >= 0.3 is 0 Å². The standard InChI is InChI=1S/C11H13ClN2O4/c1-7(2)13-11(15)6-18-8-3-4-10(14(16)17)9(12)5-8/h3-5,7H,6H2,1-2H3,(H,13,15). The summed E-state index contributed by atoms with van der Waals surface area (Å²) in [6, 6.07) is 3.97. The maximum atomic E-state index is 11.3. The molecule has 98 valence electrons. The number of hydrogen-bond donors (Lipinski definition) is 1. The summed E-state index contributed by atoms with van der Waals surface area (Å²) in [7, 11) is 0. The van der Waals surface area contributed by atoms with Crippen LogP contribution in [0.4, 0.5) is 5.69 Å². The van der Waals surface area contributed by atoms with Crippen LogP contribution in [0.2, 0.25) is 5.02 Å². The van der Waals surface area contributed by atoms with Crippen molar-refractivity contribution in [1.82, 2.24) is 5.32 Å². The molecule has 1 N–H and O–H groups in total. The molecule has 1 amide bonds. The fourth-order valence-corrected chi connectivity index (χ4v) is 1.48. The summed E-state index contributed by atoms with van der Waals surface area (Å²) in [6.45, 7) is 3.51. The predicted octanol–water partition coefficient (Wildman–Crippen LogP) is 2.15. The Hall–Kier alpha value is -1.82. The number of amides is 1. The minimum absolute atomic E-state index is 0.0261. The molecule has 18 heavy (non-hydrogen) atoms. The fourth-order valence-electron chi connectivity index (χ4n) is 1.24. The molecule has 0 aliphatic heterocycles. The number of rotatable bonds is 5. The maximum absolute atomic E-state index is 11.3. The number of halogens is 1. The van der Waals surface area contributed by atoms with Gasteiger partial charge in [0.2, 0.25) is 0 Å². The van der Waals surface area contributed by atoms with Crippen LogP contribution in [0.25, 0.3) is 0 Å². The molecule has 0 saturated carbocycles. The molecular weight excluding hydrogens is 260 g/mol. The molecule has 0 heterocycles. The highest BCUT2D eigenvalue weighted by molar-refractivity contribution is 6.32. The molecule has 0 spiro atoms. The van der Waals surface area contributed by atoms with Crippen molar-refractivity contribution in [3.63, 3.8) is 0 Å². The molecule has 1 rings (SSSR count). The van der Waals surface area contributed by atoms with E-state index in [9.17, 15) is 14.9 Å². The predicted molar refractivity (Wildman–Crippen MR) is 66.9 cm³/mol. The van der Waals surface area contributed by atoms with Crippen LogP contribution in [-0.4, -0.2) is 23.5 Å². The second kappa shape index (κ2) is 6.20. The highest BCUT2D eigenvalue weighted by atomic mass is 35.5. The monoisotopic (exact) mass is 272 g/mol. The van der Waals surface area contributed by atoms with Crippen molar-refractivity contribution < 1.29 is 14.5 Å². The summed E-state index contributed by atoms with van der Waals surface area (Å²) in [4.78, 5) is 21.3. The second-order valence-electron chi connectivity index (χ2n) is 3.88. The van der Waals surface area contributed by atoms with Crippen molar-refractivity contribution in [2.45, 2.75) is 19.9 Å². The summed E-state index contributed by atoms with van der Waals surface area (Å²) in [5.74, 6) is 0.0454. The van der Waals surface area contributed by atoms with Crippen LogP contribution in [0, 0.1) is 10.1 Å². The van der Waals surface area contributed by atoms with Crippen LogP contribution < -0.4 is 10.1 Å². The average molecular weight is 273 g/mol. The van der Waals surface area contributed by atoms with E-state index in [0.717, 1.165) is 0 Å². The van der Waals surface area contributed by atoms with Crippen molar-refractivity contribution in [1.29, 1.82) is 0 Å². The van der Waals surface area contributed by atoms with Gasteiger partial charge in [0.15, 0.2) is 6.61 Å². The molecule has 0 bridgehead atoms. The zero-order valence-corrected chi connectivity index (χ0v) is 10.7. The van der Waals surface area contributed by atoms with E-state index in [0.29, 0.717) is 5.75 Å². The molecule has 0 aromatic heterocycles. The Morgan fingerprint density at radius 1 is 1.56 bits per heavy atom. The highest BCUT2D eigenvalue weighted by Crippen LogP contribution is 2.28. The van der Waals surface area contributed by atoms with Crippen LogP contribution in [0.3, 0.4) is 0 Å². The fraction of sp³-hybridized carbons (Fsp3) is 0.364. The van der Waals surface area contributed by atoms with Gasteiger partial charge in [0.1, 0.15) is 10.8 Å². The largest absolute Gasteiger partial charge is 0.484 e. The van der Waals surface area contributed by atoms with E-state index < -0.39 is 4.92 Å². The molecular formula is C11H13ClN2O4. The minimum atomic E-state index is -0.586. The third kappa shape index (κ3) is 4.21. The topological polar surface area (TPSA) is 81.5 Å². The van der Waals surface area contributed by atoms with E-state index in [4.69, 9.17) is 16.3 Å². The molecule has 0 radical (unpaired) electrons. The van der Waals surface area contributed by atoms with Crippen molar-refractivity contribution >= 4 is 23.2 Å². The number of benzene rings is 1. The van der Waals surface area contributed by atoms with Gasteiger partial charge in [-0.25, -0.2) is 0 Å². The number of carbonyl (C=O) groups is 1. The van der Waals surface area contributed by atoms with Gasteiger partial charge in [-0.3, -0.25) is 14.9 Å². The van der Waals surface area contributed by atoms with Gasteiger partial charge in [-0.05, 0) is 19.9 Å². The Balaban J connectivity index is 2.61. The molecule has 0 aliphatic carbocycles. The molecule has 0 fully saturated rings. The van der Waals surface area contributed by atoms with Gasteiger partial charge in [-0.1, -0.05) is 11.6 Å². The molecule has 0 saturated heterocycles. The Bertz CT molecular complexity index is 462. The highest BCUT2D eigenvalue weighted by Gasteiger charge is 2.13. The average Bonchev–Trinajstić information content (AvgIpc) is 2.25. The van der Waals surface area contributed by atoms with Crippen LogP contribution in [0.1, 0.15) is 13.8 Å². The van der Waals surface area contributed by atoms with Crippen LogP contribution in [-0.2, 0) is 4.79 Å². The first-order valence-electron chi connectivity index (χ1n) is 5.26. The van der Waals surface area contributed by atoms with Crippen LogP contribution in [0.15, 0.2) is 18.2 Å². The number of nitrogens with one attached hydrogen (secondary N) is 1. The van der Waals surface area contributed by atoms with Crippen LogP contribution in [0.5, 0.6) is 5.75 Å². The zero-order chi connectivity index (χ0) is 13.7. The Labute approximate surface area is 109 Å². The lowest BCUT2D eigenvalue weighted by Crippen LogP contribution is -2.34. The van der Waals surface area contributed by atoms with Crippen molar-refractivity contribution in [3.05, 3.63) is 33.3 Å². The van der Waals surface area contributed by atoms with E-state index in [1.54, 1.807) is 0 Å². The summed E-state index contributed by atoms with van der Waals surface area (Å²) < 4.78 is 5.17. The molecule has 0 aliphatic rings. The molecule has 1 aromatic rings. The van der Waals surface area contributed by atoms with Gasteiger partial charge < -0.3 is 10.1 Å². The number of nitro groups is 1. The van der Waals surface area contributed by atoms with Crippen molar-refractivity contribution in [3.8, 4) is 5.75 Å². The van der Waals surface area contributed by atoms with Gasteiger partial charge in [0.25, 0.3) is 11.6 Å². The first-order chi connectivity index (χ1) is 8.40. The number of nitrogens with zero attached hydrogens (tertiary/aromatic N) is 1. The van der Waals surface area contributed by atoms with E-state index in [1.165, 1.54) is 18.2 Å². The van der Waals surface area contributed by atoms with E-state index >= 15 is 0 Å². The maximum Gasteiger partial charge on any atom is 0.288 e. The number of carbonyl (C=O) groups excluding carboxylic acids is 1. The minimum Gasteiger partial charge on any atom is -0.484 e. The third-order valence-corrected chi connectivity index (χ3v) is 2.24. The molecule has 7 heteroatoms. The first kappa shape index (κ1) is 14.2. The quantitative estimate of drug-likeness (QED) is 0.658. The number of hydrogen-bond acceptors (Lipinski definition) is 4. The SMILES string of the molecule is CC(C)NC(=O)COc1ccc([N+](=O)[O-])c(Cl)c1. The Morgan fingerprint density at radius 2 is 2.22 bits per heavy atom. The summed E-state index contributed by atoms with van der Waals surface area (Å²) >= 11 is 5.70. The van der Waals surface area contributed by atoms with Gasteiger partial charge in [0, 0.05) is 18.2 Å². The van der Waals surface area contributed by atoms with Crippen LogP contribution >= 0.6 is 11.6 Å². The summed E-state index contributed by atoms with van der Waals surface area (Å²) in [5, 5.41) is 13.2. The van der Waals surface area contributed by atoms with Crippen molar-refractivity contribution in [2.24, 2.45) is 0 Å². The molecule has 0 unspecified atom stereocenters. The third-order valence-electron chi connectivity index (χ3n) is 1.94. The summed E-state index contributed by atoms with van der Waals surface area (Å²) in [5.41, 5.74) is -0.198. The lowest BCUT2D eigenvalue weighted by molar-refractivity contribution is -0.384. The smallest absolute Gasteiger partial charge is 0.288 e. The first-order valence-corrected chi connectivity index (χ1v) is 5.64. The lowest BCUT2D eigenvalue weighted by Gasteiger charge is -2.09. The number of nitro benzene ring substituents is 1. The Kier molecular flexibility index (Phi) is 4.91. The number of ether oxygens (including phenoxy) is 1. The lowest BCUT2D eigenvalue weighted by atomic mass is 10.3. The second-order valence-corrected chi connectivity index (χ2v) is 4.29. The molecule has 6 nitrogen and oxygen atoms in total. The Morgan fingerprint density at radius 3 is 2.72 bits per heavy atom. The van der Waals surface area contributed by atoms with Gasteiger partial charge in [-0.15, -0.1) is 0 Å². The summed E-state index contributed by atoms with van der Waals surface area (Å²) in [6.07, 6.45) is 0.